The molecule has 142 valence electrons. The predicted octanol–water partition coefficient (Wildman–Crippen LogP) is 1.46. The minimum Gasteiger partial charge on any atom is -0.504 e. The van der Waals surface area contributed by atoms with E-state index in [0.717, 1.165) is 49.8 Å². The zero-order valence-corrected chi connectivity index (χ0v) is 14.8. The Morgan fingerprint density at radius 3 is 2.58 bits per heavy atom. The third-order valence-electron chi connectivity index (χ3n) is 7.14. The summed E-state index contributed by atoms with van der Waals surface area (Å²) in [6, 6.07) is 0.161. The number of piperidine rings is 1. The summed E-state index contributed by atoms with van der Waals surface area (Å²) in [5.74, 6) is 0.176. The van der Waals surface area contributed by atoms with E-state index in [9.17, 15) is 20.1 Å². The number of ketones is 1. The summed E-state index contributed by atoms with van der Waals surface area (Å²) in [6.07, 6.45) is 6.80. The smallest absolute Gasteiger partial charge is 0.200 e. The van der Waals surface area contributed by atoms with Crippen LogP contribution in [0, 0.1) is 11.8 Å². The van der Waals surface area contributed by atoms with Crippen molar-refractivity contribution in [3.63, 3.8) is 0 Å². The van der Waals surface area contributed by atoms with Crippen LogP contribution in [0.3, 0.4) is 0 Å². The van der Waals surface area contributed by atoms with Gasteiger partial charge in [-0.15, -0.1) is 0 Å². The number of rotatable bonds is 2. The summed E-state index contributed by atoms with van der Waals surface area (Å²) in [5, 5.41) is 35.0. The van der Waals surface area contributed by atoms with Gasteiger partial charge in [-0.1, -0.05) is 0 Å². The first kappa shape index (κ1) is 17.6. The van der Waals surface area contributed by atoms with Crippen molar-refractivity contribution in [3.05, 3.63) is 16.7 Å². The number of hydrogen-bond acceptors (Lipinski definition) is 5. The number of fused-ring (bicyclic) bond motifs is 1. The second kappa shape index (κ2) is 5.86. The average molecular weight is 361 g/mol. The average Bonchev–Trinajstić information content (AvgIpc) is 3.41. The minimum absolute atomic E-state index is 0. The van der Waals surface area contributed by atoms with Crippen LogP contribution >= 0.6 is 0 Å². The Balaban J connectivity index is 0.00000168. The monoisotopic (exact) mass is 361 g/mol. The highest BCUT2D eigenvalue weighted by Crippen LogP contribution is 2.59. The van der Waals surface area contributed by atoms with E-state index in [1.165, 1.54) is 0 Å². The van der Waals surface area contributed by atoms with Gasteiger partial charge in [-0.2, -0.15) is 0 Å². The number of benzene rings is 1. The Morgan fingerprint density at radius 1 is 1.08 bits per heavy atom. The summed E-state index contributed by atoms with van der Waals surface area (Å²) in [4.78, 5) is 13.2. The van der Waals surface area contributed by atoms with E-state index in [1.54, 1.807) is 0 Å². The summed E-state index contributed by atoms with van der Waals surface area (Å²) >= 11 is 0. The zero-order valence-electron chi connectivity index (χ0n) is 14.8. The highest BCUT2D eigenvalue weighted by Gasteiger charge is 2.58. The number of carbonyl (C=O) groups is 1. The highest BCUT2D eigenvalue weighted by molar-refractivity contribution is 5.94. The molecule has 0 unspecified atom stereocenters. The molecule has 2 bridgehead atoms. The molecule has 1 aromatic carbocycles. The molecule has 1 aliphatic heterocycles. The molecule has 3 aliphatic carbocycles. The molecular weight excluding hydrogens is 334 g/mol. The van der Waals surface area contributed by atoms with E-state index in [0.29, 0.717) is 30.7 Å². The Hall–Kier alpha value is -1.79. The van der Waals surface area contributed by atoms with E-state index in [1.807, 2.05) is 0 Å². The number of nitrogens with one attached hydrogen (secondary N) is 1. The van der Waals surface area contributed by atoms with Crippen molar-refractivity contribution in [3.8, 4) is 17.2 Å². The lowest BCUT2D eigenvalue weighted by atomic mass is 9.51. The van der Waals surface area contributed by atoms with Gasteiger partial charge in [-0.3, -0.25) is 4.79 Å². The fourth-order valence-corrected chi connectivity index (χ4v) is 5.87. The number of Topliss-reactive ketones (excluding diaryl/α,β-unsaturated/α-hetero) is 1. The van der Waals surface area contributed by atoms with Crippen molar-refractivity contribution in [1.29, 1.82) is 0 Å². The van der Waals surface area contributed by atoms with E-state index >= 15 is 0 Å². The molecular formula is C20H27NO5. The SMILES string of the molecule is O.O=C1CCC[C@H]2[C@H]3Cc4c(O)c(O)c(O)c(CC5CC5)c4[C@@]12CCN3. The summed E-state index contributed by atoms with van der Waals surface area (Å²) in [7, 11) is 0. The molecule has 0 amide bonds. The van der Waals surface area contributed by atoms with Gasteiger partial charge in [0.15, 0.2) is 11.5 Å². The fraction of sp³-hybridized carbons (Fsp3) is 0.650. The zero-order chi connectivity index (χ0) is 17.3. The van der Waals surface area contributed by atoms with Crippen LogP contribution in [0.1, 0.15) is 55.2 Å². The Labute approximate surface area is 152 Å². The maximum Gasteiger partial charge on any atom is 0.200 e. The maximum absolute atomic E-state index is 13.2. The Bertz CT molecular complexity index is 772. The van der Waals surface area contributed by atoms with Gasteiger partial charge in [0.1, 0.15) is 5.78 Å². The first-order valence-electron chi connectivity index (χ1n) is 9.59. The van der Waals surface area contributed by atoms with E-state index in [-0.39, 0.29) is 34.7 Å². The Kier molecular flexibility index (Phi) is 3.97. The largest absolute Gasteiger partial charge is 0.504 e. The lowest BCUT2D eigenvalue weighted by molar-refractivity contribution is -0.132. The van der Waals surface area contributed by atoms with Crippen LogP contribution in [0.15, 0.2) is 0 Å². The van der Waals surface area contributed by atoms with E-state index in [4.69, 9.17) is 0 Å². The van der Waals surface area contributed by atoms with Crippen molar-refractivity contribution < 1.29 is 25.6 Å². The quantitative estimate of drug-likeness (QED) is 0.594. The van der Waals surface area contributed by atoms with Crippen LogP contribution in [0.25, 0.3) is 0 Å². The standard InChI is InChI=1S/C20H25NO4.H2O/c22-15-3-1-2-13-14-9-12-16(20(13,15)6-7-21-14)11(8-10-4-5-10)17(23)19(25)18(12)24;/h10,13-14,21,23-25H,1-9H2;1H2/t13-,14+,20+;/m0./s1. The predicted molar refractivity (Wildman–Crippen MR) is 95.6 cm³/mol. The molecule has 1 saturated heterocycles. The molecule has 26 heavy (non-hydrogen) atoms. The molecule has 3 atom stereocenters. The summed E-state index contributed by atoms with van der Waals surface area (Å²) < 4.78 is 0. The van der Waals surface area contributed by atoms with Crippen LogP contribution in [0.5, 0.6) is 17.2 Å². The molecule has 5 rings (SSSR count). The van der Waals surface area contributed by atoms with Gasteiger partial charge in [0.25, 0.3) is 0 Å². The molecule has 0 radical (unpaired) electrons. The van der Waals surface area contributed by atoms with Crippen LogP contribution in [-0.2, 0) is 23.1 Å². The topological polar surface area (TPSA) is 121 Å². The van der Waals surface area contributed by atoms with Crippen molar-refractivity contribution in [2.45, 2.75) is 62.8 Å². The van der Waals surface area contributed by atoms with Crippen molar-refractivity contribution in [2.24, 2.45) is 11.8 Å². The molecule has 0 spiro atoms. The lowest BCUT2D eigenvalue weighted by Crippen LogP contribution is -2.63. The first-order chi connectivity index (χ1) is 12.0. The molecule has 6 nitrogen and oxygen atoms in total. The number of phenolic OH excluding ortho intramolecular Hbond substituents is 3. The third kappa shape index (κ3) is 2.15. The summed E-state index contributed by atoms with van der Waals surface area (Å²) in [6.45, 7) is 0.789. The second-order valence-electron chi connectivity index (χ2n) is 8.43. The Morgan fingerprint density at radius 2 is 1.85 bits per heavy atom. The van der Waals surface area contributed by atoms with Crippen molar-refractivity contribution >= 4 is 5.78 Å². The number of aromatic hydroxyl groups is 3. The minimum atomic E-state index is -0.589. The maximum atomic E-state index is 13.2. The van der Waals surface area contributed by atoms with Crippen molar-refractivity contribution in [2.75, 3.05) is 6.54 Å². The first-order valence-corrected chi connectivity index (χ1v) is 9.59. The van der Waals surface area contributed by atoms with Gasteiger partial charge >= 0.3 is 0 Å². The molecule has 3 fully saturated rings. The molecule has 2 saturated carbocycles. The summed E-state index contributed by atoms with van der Waals surface area (Å²) in [5.41, 5.74) is 1.71. The fourth-order valence-electron chi connectivity index (χ4n) is 5.87. The molecule has 1 heterocycles. The van der Waals surface area contributed by atoms with Crippen LogP contribution < -0.4 is 5.32 Å². The second-order valence-corrected chi connectivity index (χ2v) is 8.43. The molecule has 1 aromatic rings. The van der Waals surface area contributed by atoms with Gasteiger partial charge in [0, 0.05) is 23.6 Å². The van der Waals surface area contributed by atoms with Gasteiger partial charge in [0.2, 0.25) is 5.75 Å². The third-order valence-corrected chi connectivity index (χ3v) is 7.14. The van der Waals surface area contributed by atoms with E-state index in [2.05, 4.69) is 5.32 Å². The van der Waals surface area contributed by atoms with Crippen LogP contribution in [-0.4, -0.2) is 39.2 Å². The molecule has 6 heteroatoms. The van der Waals surface area contributed by atoms with Gasteiger partial charge < -0.3 is 26.1 Å². The van der Waals surface area contributed by atoms with Crippen LogP contribution in [0.2, 0.25) is 0 Å². The van der Waals surface area contributed by atoms with Crippen LogP contribution in [0.4, 0.5) is 0 Å². The number of phenols is 3. The van der Waals surface area contributed by atoms with Gasteiger partial charge in [0.05, 0.1) is 5.41 Å². The van der Waals surface area contributed by atoms with E-state index < -0.39 is 11.2 Å². The highest BCUT2D eigenvalue weighted by atomic mass is 16.3. The molecule has 4 aliphatic rings. The molecule has 6 N–H and O–H groups in total. The van der Waals surface area contributed by atoms with Gasteiger partial charge in [-0.25, -0.2) is 0 Å². The number of hydrogen-bond donors (Lipinski definition) is 4. The lowest BCUT2D eigenvalue weighted by Gasteiger charge is -2.55. The number of carbonyl (C=O) groups excluding carboxylic acids is 1. The molecule has 0 aromatic heterocycles. The van der Waals surface area contributed by atoms with Gasteiger partial charge in [-0.05, 0) is 68.9 Å². The van der Waals surface area contributed by atoms with Crippen molar-refractivity contribution in [1.82, 2.24) is 5.32 Å². The normalized spacial score (nSPS) is 32.4.